The number of aromatic nitrogens is 4. The molecule has 2 aromatic heterocycles. The molecule has 18 heavy (non-hydrogen) atoms. The number of rotatable bonds is 4. The third kappa shape index (κ3) is 3.43. The summed E-state index contributed by atoms with van der Waals surface area (Å²) < 4.78 is 3.93. The van der Waals surface area contributed by atoms with Crippen molar-refractivity contribution in [3.8, 4) is 0 Å². The fourth-order valence-corrected chi connectivity index (χ4v) is 1.69. The zero-order chi connectivity index (χ0) is 13.2. The van der Waals surface area contributed by atoms with E-state index < -0.39 is 0 Å². The molecule has 2 rings (SSSR count). The van der Waals surface area contributed by atoms with Crippen LogP contribution in [0.3, 0.4) is 0 Å². The molecule has 0 saturated carbocycles. The number of nitrogens with one attached hydrogen (secondary N) is 1. The maximum atomic E-state index is 4.22. The molecular formula is C13H21N5. The van der Waals surface area contributed by atoms with Crippen LogP contribution in [0, 0.1) is 0 Å². The highest BCUT2D eigenvalue weighted by molar-refractivity contribution is 5.11. The third-order valence-electron chi connectivity index (χ3n) is 2.76. The molecule has 1 N–H and O–H groups in total. The van der Waals surface area contributed by atoms with Gasteiger partial charge < -0.3 is 9.88 Å². The van der Waals surface area contributed by atoms with Crippen molar-refractivity contribution in [1.29, 1.82) is 0 Å². The molecule has 5 heteroatoms. The highest BCUT2D eigenvalue weighted by atomic mass is 15.3. The lowest BCUT2D eigenvalue weighted by Crippen LogP contribution is -2.34. The van der Waals surface area contributed by atoms with Crippen LogP contribution in [0.5, 0.6) is 0 Å². The fraction of sp³-hybridized carbons (Fsp3) is 0.538. The van der Waals surface area contributed by atoms with E-state index in [0.717, 1.165) is 18.9 Å². The normalized spacial score (nSPS) is 12.0. The molecule has 0 atom stereocenters. The van der Waals surface area contributed by atoms with E-state index in [0.29, 0.717) is 0 Å². The number of hydrogen-bond donors (Lipinski definition) is 1. The second-order valence-corrected chi connectivity index (χ2v) is 5.60. The highest BCUT2D eigenvalue weighted by Crippen LogP contribution is 2.06. The van der Waals surface area contributed by atoms with E-state index in [1.165, 1.54) is 5.56 Å². The lowest BCUT2D eigenvalue weighted by molar-refractivity contribution is 0.424. The summed E-state index contributed by atoms with van der Waals surface area (Å²) in [5, 5.41) is 7.54. The summed E-state index contributed by atoms with van der Waals surface area (Å²) in [6.45, 7) is 8.15. The largest absolute Gasteiger partial charge is 0.346 e. The van der Waals surface area contributed by atoms with Gasteiger partial charge in [-0.3, -0.25) is 4.68 Å². The van der Waals surface area contributed by atoms with E-state index in [9.17, 15) is 0 Å². The lowest BCUT2D eigenvalue weighted by Gasteiger charge is -2.19. The van der Waals surface area contributed by atoms with Gasteiger partial charge in [0.25, 0.3) is 0 Å². The van der Waals surface area contributed by atoms with Crippen molar-refractivity contribution in [1.82, 2.24) is 24.6 Å². The van der Waals surface area contributed by atoms with Crippen LogP contribution in [0.2, 0.25) is 0 Å². The Balaban J connectivity index is 1.96. The van der Waals surface area contributed by atoms with E-state index in [4.69, 9.17) is 0 Å². The molecule has 0 aromatic carbocycles. The molecule has 0 amide bonds. The Labute approximate surface area is 108 Å². The van der Waals surface area contributed by atoms with Crippen molar-refractivity contribution < 1.29 is 0 Å². The van der Waals surface area contributed by atoms with Gasteiger partial charge in [0.2, 0.25) is 0 Å². The number of aryl methyl sites for hydroxylation is 1. The van der Waals surface area contributed by atoms with Crippen molar-refractivity contribution >= 4 is 0 Å². The maximum absolute atomic E-state index is 4.22. The summed E-state index contributed by atoms with van der Waals surface area (Å²) in [6.07, 6.45) is 5.81. The molecule has 0 bridgehead atoms. The van der Waals surface area contributed by atoms with Crippen LogP contribution in [-0.2, 0) is 20.1 Å². The standard InChI is InChI=1S/C13H21N5/c1-13(2,3)15-7-11-5-6-18(8-11)9-12-14-10-16-17(12)4/h5-6,8,10,15H,7,9H2,1-4H3. The van der Waals surface area contributed by atoms with Crippen molar-refractivity contribution in [3.05, 3.63) is 36.2 Å². The third-order valence-corrected chi connectivity index (χ3v) is 2.76. The summed E-state index contributed by atoms with van der Waals surface area (Å²) in [5.41, 5.74) is 1.43. The van der Waals surface area contributed by atoms with Crippen LogP contribution in [0.25, 0.3) is 0 Å². The smallest absolute Gasteiger partial charge is 0.146 e. The van der Waals surface area contributed by atoms with Gasteiger partial charge in [-0.1, -0.05) is 0 Å². The van der Waals surface area contributed by atoms with Crippen LogP contribution in [-0.4, -0.2) is 24.9 Å². The first-order chi connectivity index (χ1) is 8.44. The Bertz CT molecular complexity index is 503. The Morgan fingerprint density at radius 2 is 2.11 bits per heavy atom. The van der Waals surface area contributed by atoms with Gasteiger partial charge in [0.1, 0.15) is 12.2 Å². The quantitative estimate of drug-likeness (QED) is 0.891. The first-order valence-electron chi connectivity index (χ1n) is 6.16. The second-order valence-electron chi connectivity index (χ2n) is 5.60. The van der Waals surface area contributed by atoms with Gasteiger partial charge >= 0.3 is 0 Å². The average molecular weight is 247 g/mol. The van der Waals surface area contributed by atoms with Gasteiger partial charge in [0.15, 0.2) is 0 Å². The first-order valence-corrected chi connectivity index (χ1v) is 6.16. The van der Waals surface area contributed by atoms with Gasteiger partial charge in [0, 0.05) is 31.5 Å². The average Bonchev–Trinajstić information content (AvgIpc) is 2.86. The molecule has 0 saturated heterocycles. The van der Waals surface area contributed by atoms with E-state index in [2.05, 4.69) is 59.2 Å². The monoisotopic (exact) mass is 247 g/mol. The molecule has 0 fully saturated rings. The predicted octanol–water partition coefficient (Wildman–Crippen LogP) is 1.55. The molecule has 0 aliphatic heterocycles. The van der Waals surface area contributed by atoms with E-state index >= 15 is 0 Å². The van der Waals surface area contributed by atoms with Crippen LogP contribution in [0.15, 0.2) is 24.8 Å². The van der Waals surface area contributed by atoms with E-state index in [1.54, 1.807) is 11.0 Å². The lowest BCUT2D eigenvalue weighted by atomic mass is 10.1. The molecule has 5 nitrogen and oxygen atoms in total. The molecule has 0 spiro atoms. The molecule has 2 heterocycles. The Morgan fingerprint density at radius 1 is 1.33 bits per heavy atom. The van der Waals surface area contributed by atoms with Crippen molar-refractivity contribution in [2.75, 3.05) is 0 Å². The Kier molecular flexibility index (Phi) is 3.52. The minimum absolute atomic E-state index is 0.145. The summed E-state index contributed by atoms with van der Waals surface area (Å²) in [4.78, 5) is 4.22. The summed E-state index contributed by atoms with van der Waals surface area (Å²) >= 11 is 0. The van der Waals surface area contributed by atoms with Gasteiger partial charge in [0.05, 0.1) is 6.54 Å². The van der Waals surface area contributed by atoms with Crippen molar-refractivity contribution in [2.45, 2.75) is 39.4 Å². The van der Waals surface area contributed by atoms with Gasteiger partial charge in [-0.15, -0.1) is 0 Å². The van der Waals surface area contributed by atoms with Crippen LogP contribution < -0.4 is 5.32 Å². The Hall–Kier alpha value is -1.62. The van der Waals surface area contributed by atoms with E-state index in [-0.39, 0.29) is 5.54 Å². The molecule has 0 aliphatic carbocycles. The molecule has 2 aromatic rings. The Morgan fingerprint density at radius 3 is 2.72 bits per heavy atom. The van der Waals surface area contributed by atoms with Gasteiger partial charge in [-0.25, -0.2) is 4.98 Å². The fourth-order valence-electron chi connectivity index (χ4n) is 1.69. The first kappa shape index (κ1) is 12.8. The topological polar surface area (TPSA) is 47.7 Å². The van der Waals surface area contributed by atoms with Crippen LogP contribution >= 0.6 is 0 Å². The molecular weight excluding hydrogens is 226 g/mol. The van der Waals surface area contributed by atoms with Gasteiger partial charge in [-0.2, -0.15) is 5.10 Å². The minimum Gasteiger partial charge on any atom is -0.346 e. The number of hydrogen-bond acceptors (Lipinski definition) is 3. The highest BCUT2D eigenvalue weighted by Gasteiger charge is 2.09. The molecule has 98 valence electrons. The van der Waals surface area contributed by atoms with Gasteiger partial charge in [-0.05, 0) is 32.4 Å². The maximum Gasteiger partial charge on any atom is 0.146 e. The molecule has 0 unspecified atom stereocenters. The SMILES string of the molecule is Cn1ncnc1Cn1ccc(CNC(C)(C)C)c1. The molecule has 0 radical (unpaired) electrons. The van der Waals surface area contributed by atoms with E-state index in [1.807, 2.05) is 7.05 Å². The summed E-state index contributed by atoms with van der Waals surface area (Å²) in [7, 11) is 1.91. The summed E-state index contributed by atoms with van der Waals surface area (Å²) in [6, 6.07) is 2.13. The predicted molar refractivity (Wildman–Crippen MR) is 71.1 cm³/mol. The number of nitrogens with zero attached hydrogens (tertiary/aromatic N) is 4. The second kappa shape index (κ2) is 4.94. The summed E-state index contributed by atoms with van der Waals surface area (Å²) in [5.74, 6) is 0.959. The molecule has 0 aliphatic rings. The van der Waals surface area contributed by atoms with Crippen LogP contribution in [0.1, 0.15) is 32.2 Å². The van der Waals surface area contributed by atoms with Crippen molar-refractivity contribution in [2.24, 2.45) is 7.05 Å². The zero-order valence-corrected chi connectivity index (χ0v) is 11.5. The zero-order valence-electron chi connectivity index (χ0n) is 11.5. The van der Waals surface area contributed by atoms with Crippen LogP contribution in [0.4, 0.5) is 0 Å². The van der Waals surface area contributed by atoms with Crippen molar-refractivity contribution in [3.63, 3.8) is 0 Å². The minimum atomic E-state index is 0.145.